The third kappa shape index (κ3) is 4.03. The molecular weight excluding hydrogens is 245 g/mol. The van der Waals surface area contributed by atoms with Crippen LogP contribution >= 0.6 is 0 Å². The van der Waals surface area contributed by atoms with Crippen molar-refractivity contribution in [2.24, 2.45) is 5.41 Å². The predicted molar refractivity (Wildman–Crippen MR) is 73.7 cm³/mol. The molecule has 1 rings (SSSR count). The molecule has 0 aromatic heterocycles. The summed E-state index contributed by atoms with van der Waals surface area (Å²) in [4.78, 5) is 11.0. The summed E-state index contributed by atoms with van der Waals surface area (Å²) in [5.41, 5.74) is -0.582. The van der Waals surface area contributed by atoms with Crippen molar-refractivity contribution in [2.75, 3.05) is 13.1 Å². The molecule has 0 atom stereocenters. The second-order valence-electron chi connectivity index (χ2n) is 6.16. The van der Waals surface area contributed by atoms with Crippen molar-refractivity contribution in [3.05, 3.63) is 35.6 Å². The van der Waals surface area contributed by atoms with Crippen LogP contribution in [0.15, 0.2) is 24.3 Å². The van der Waals surface area contributed by atoms with Gasteiger partial charge in [-0.3, -0.25) is 4.79 Å². The summed E-state index contributed by atoms with van der Waals surface area (Å²) in [7, 11) is 0. The van der Waals surface area contributed by atoms with Gasteiger partial charge in [0.15, 0.2) is 0 Å². The van der Waals surface area contributed by atoms with Crippen LogP contribution in [0.5, 0.6) is 0 Å². The molecule has 0 amide bonds. The van der Waals surface area contributed by atoms with Gasteiger partial charge in [-0.15, -0.1) is 0 Å². The summed E-state index contributed by atoms with van der Waals surface area (Å²) in [5, 5.41) is 12.2. The van der Waals surface area contributed by atoms with Crippen LogP contribution < -0.4 is 5.32 Å². The molecule has 0 saturated heterocycles. The molecule has 1 aromatic carbocycles. The Bertz CT molecular complexity index is 455. The van der Waals surface area contributed by atoms with E-state index in [0.29, 0.717) is 18.7 Å². The molecule has 0 heterocycles. The van der Waals surface area contributed by atoms with Crippen LogP contribution in [0.4, 0.5) is 4.39 Å². The zero-order valence-electron chi connectivity index (χ0n) is 12.0. The van der Waals surface area contributed by atoms with Crippen molar-refractivity contribution in [3.63, 3.8) is 0 Å². The maximum absolute atomic E-state index is 13.8. The Morgan fingerprint density at radius 3 is 2.32 bits per heavy atom. The normalized spacial score (nSPS) is 12.5. The predicted octanol–water partition coefficient (Wildman–Crippen LogP) is 2.80. The van der Waals surface area contributed by atoms with Gasteiger partial charge in [-0.05, 0) is 25.5 Å². The number of benzene rings is 1. The van der Waals surface area contributed by atoms with E-state index in [1.54, 1.807) is 32.0 Å². The number of carboxylic acid groups (broad SMARTS) is 1. The Balaban J connectivity index is 2.67. The minimum atomic E-state index is -0.844. The number of hydrogen-bond donors (Lipinski definition) is 2. The van der Waals surface area contributed by atoms with Crippen molar-refractivity contribution in [2.45, 2.75) is 33.1 Å². The zero-order valence-corrected chi connectivity index (χ0v) is 12.0. The molecule has 0 fully saturated rings. The van der Waals surface area contributed by atoms with Crippen LogP contribution in [0.25, 0.3) is 0 Å². The third-order valence-electron chi connectivity index (χ3n) is 3.32. The van der Waals surface area contributed by atoms with Crippen LogP contribution in [0.3, 0.4) is 0 Å². The minimum Gasteiger partial charge on any atom is -0.481 e. The average molecular weight is 267 g/mol. The van der Waals surface area contributed by atoms with Gasteiger partial charge in [0, 0.05) is 18.5 Å². The molecule has 0 aliphatic heterocycles. The second-order valence-corrected chi connectivity index (χ2v) is 6.16. The number of carbonyl (C=O) groups is 1. The molecule has 3 nitrogen and oxygen atoms in total. The molecule has 0 unspecified atom stereocenters. The molecule has 0 bridgehead atoms. The van der Waals surface area contributed by atoms with Crippen LogP contribution in [0.2, 0.25) is 0 Å². The fourth-order valence-electron chi connectivity index (χ4n) is 1.87. The van der Waals surface area contributed by atoms with E-state index in [-0.39, 0.29) is 11.2 Å². The molecular formula is C15H22FNO2. The number of hydrogen-bond acceptors (Lipinski definition) is 2. The topological polar surface area (TPSA) is 49.3 Å². The van der Waals surface area contributed by atoms with Crippen molar-refractivity contribution >= 4 is 5.97 Å². The highest BCUT2D eigenvalue weighted by molar-refractivity contribution is 5.73. The second kappa shape index (κ2) is 5.70. The molecule has 0 aliphatic carbocycles. The Kier molecular flexibility index (Phi) is 4.69. The van der Waals surface area contributed by atoms with E-state index in [4.69, 9.17) is 5.11 Å². The first-order valence-electron chi connectivity index (χ1n) is 6.36. The number of rotatable bonds is 6. The summed E-state index contributed by atoms with van der Waals surface area (Å²) in [6, 6.07) is 6.68. The van der Waals surface area contributed by atoms with Crippen LogP contribution in [0, 0.1) is 11.2 Å². The average Bonchev–Trinajstić information content (AvgIpc) is 2.28. The fraction of sp³-hybridized carbons (Fsp3) is 0.533. The van der Waals surface area contributed by atoms with E-state index in [0.717, 1.165) is 0 Å². The monoisotopic (exact) mass is 267 g/mol. The van der Waals surface area contributed by atoms with Gasteiger partial charge in [0.25, 0.3) is 0 Å². The van der Waals surface area contributed by atoms with Gasteiger partial charge in [0.2, 0.25) is 0 Å². The minimum absolute atomic E-state index is 0.230. The van der Waals surface area contributed by atoms with E-state index in [1.807, 2.05) is 13.8 Å². The summed E-state index contributed by atoms with van der Waals surface area (Å²) in [5.74, 6) is -1.07. The van der Waals surface area contributed by atoms with E-state index in [9.17, 15) is 9.18 Å². The van der Waals surface area contributed by atoms with Crippen molar-refractivity contribution < 1.29 is 14.3 Å². The summed E-state index contributed by atoms with van der Waals surface area (Å²) in [6.45, 7) is 8.07. The van der Waals surface area contributed by atoms with Gasteiger partial charge in [0.1, 0.15) is 5.82 Å². The Labute approximate surface area is 113 Å². The molecule has 2 N–H and O–H groups in total. The number of halogens is 1. The zero-order chi connectivity index (χ0) is 14.7. The van der Waals surface area contributed by atoms with E-state index >= 15 is 0 Å². The first-order chi connectivity index (χ1) is 8.67. The summed E-state index contributed by atoms with van der Waals surface area (Å²) in [6.07, 6.45) is 0. The standard InChI is InChI=1S/C15H22FNO2/c1-14(2,11-7-5-6-8-12(11)16)9-17-10-15(3,4)13(18)19/h5-8,17H,9-10H2,1-4H3,(H,18,19). The van der Waals surface area contributed by atoms with Crippen LogP contribution in [0.1, 0.15) is 33.3 Å². The van der Waals surface area contributed by atoms with Crippen LogP contribution in [-0.2, 0) is 10.2 Å². The van der Waals surface area contributed by atoms with Crippen molar-refractivity contribution in [1.29, 1.82) is 0 Å². The molecule has 19 heavy (non-hydrogen) atoms. The number of nitrogens with one attached hydrogen (secondary N) is 1. The lowest BCUT2D eigenvalue weighted by molar-refractivity contribution is -0.146. The lowest BCUT2D eigenvalue weighted by atomic mass is 9.83. The van der Waals surface area contributed by atoms with Gasteiger partial charge in [-0.2, -0.15) is 0 Å². The summed E-state index contributed by atoms with van der Waals surface area (Å²) < 4.78 is 13.8. The molecule has 0 spiro atoms. The Morgan fingerprint density at radius 2 is 1.79 bits per heavy atom. The lowest BCUT2D eigenvalue weighted by Crippen LogP contribution is -2.41. The van der Waals surface area contributed by atoms with E-state index < -0.39 is 11.4 Å². The molecule has 1 aromatic rings. The Hall–Kier alpha value is -1.42. The van der Waals surface area contributed by atoms with Gasteiger partial charge in [-0.25, -0.2) is 4.39 Å². The van der Waals surface area contributed by atoms with Crippen molar-refractivity contribution in [3.8, 4) is 0 Å². The molecule has 0 saturated carbocycles. The van der Waals surface area contributed by atoms with Gasteiger partial charge in [0.05, 0.1) is 5.41 Å². The maximum atomic E-state index is 13.8. The largest absolute Gasteiger partial charge is 0.481 e. The summed E-state index contributed by atoms with van der Waals surface area (Å²) >= 11 is 0. The van der Waals surface area contributed by atoms with Gasteiger partial charge >= 0.3 is 5.97 Å². The van der Waals surface area contributed by atoms with Gasteiger partial charge in [-0.1, -0.05) is 32.0 Å². The molecule has 0 radical (unpaired) electrons. The first-order valence-corrected chi connectivity index (χ1v) is 6.36. The Morgan fingerprint density at radius 1 is 1.21 bits per heavy atom. The molecule has 106 valence electrons. The fourth-order valence-corrected chi connectivity index (χ4v) is 1.87. The van der Waals surface area contributed by atoms with Crippen LogP contribution in [-0.4, -0.2) is 24.2 Å². The first kappa shape index (κ1) is 15.6. The van der Waals surface area contributed by atoms with Crippen molar-refractivity contribution in [1.82, 2.24) is 5.32 Å². The highest BCUT2D eigenvalue weighted by Crippen LogP contribution is 2.25. The highest BCUT2D eigenvalue weighted by Gasteiger charge is 2.29. The molecule has 0 aliphatic rings. The van der Waals surface area contributed by atoms with E-state index in [2.05, 4.69) is 5.32 Å². The van der Waals surface area contributed by atoms with Gasteiger partial charge < -0.3 is 10.4 Å². The smallest absolute Gasteiger partial charge is 0.310 e. The third-order valence-corrected chi connectivity index (χ3v) is 3.32. The lowest BCUT2D eigenvalue weighted by Gasteiger charge is -2.28. The quantitative estimate of drug-likeness (QED) is 0.833. The molecule has 4 heteroatoms. The van der Waals surface area contributed by atoms with E-state index in [1.165, 1.54) is 6.07 Å². The maximum Gasteiger partial charge on any atom is 0.310 e. The number of aliphatic carboxylic acids is 1. The highest BCUT2D eigenvalue weighted by atomic mass is 19.1. The number of carboxylic acids is 1. The SMILES string of the molecule is CC(C)(CNCC(C)(C)c1ccccc1F)C(=O)O.